The molecule has 1 aliphatic rings. The molecule has 134 valence electrons. The van der Waals surface area contributed by atoms with E-state index in [2.05, 4.69) is 15.9 Å². The number of methoxy groups -OCH3 is 2. The average molecular weight is 444 g/mol. The molecule has 25 heavy (non-hydrogen) atoms. The molecule has 0 saturated carbocycles. The number of ether oxygens (including phenoxy) is 2. The highest BCUT2D eigenvalue weighted by molar-refractivity contribution is 9.10. The summed E-state index contributed by atoms with van der Waals surface area (Å²) in [6.07, 6.45) is 0. The number of rotatable bonds is 5. The fraction of sp³-hybridized carbons (Fsp3) is 0.294. The van der Waals surface area contributed by atoms with Crippen molar-refractivity contribution in [3.8, 4) is 11.5 Å². The topological polar surface area (TPSA) is 55.8 Å². The van der Waals surface area contributed by atoms with E-state index in [0.717, 1.165) is 15.8 Å². The van der Waals surface area contributed by atoms with Crippen molar-refractivity contribution < 1.29 is 17.9 Å². The van der Waals surface area contributed by atoms with Gasteiger partial charge in [-0.05, 0) is 42.0 Å². The van der Waals surface area contributed by atoms with E-state index in [9.17, 15) is 8.42 Å². The molecule has 0 aromatic heterocycles. The third-order valence-corrected chi connectivity index (χ3v) is 7.76. The van der Waals surface area contributed by atoms with E-state index in [-0.39, 0.29) is 5.37 Å². The van der Waals surface area contributed by atoms with Crippen LogP contribution >= 0.6 is 27.7 Å². The van der Waals surface area contributed by atoms with E-state index in [1.165, 1.54) is 0 Å². The Hall–Kier alpha value is -1.22. The van der Waals surface area contributed by atoms with Crippen LogP contribution in [0.5, 0.6) is 11.5 Å². The fourth-order valence-electron chi connectivity index (χ4n) is 2.71. The van der Waals surface area contributed by atoms with Gasteiger partial charge in [0.1, 0.15) is 0 Å². The van der Waals surface area contributed by atoms with E-state index < -0.39 is 10.0 Å². The number of benzene rings is 2. The van der Waals surface area contributed by atoms with Crippen molar-refractivity contribution in [1.29, 1.82) is 0 Å². The van der Waals surface area contributed by atoms with Gasteiger partial charge in [0.25, 0.3) is 0 Å². The largest absolute Gasteiger partial charge is 0.493 e. The van der Waals surface area contributed by atoms with Crippen LogP contribution in [0, 0.1) is 0 Å². The maximum atomic E-state index is 13.0. The molecule has 1 fully saturated rings. The second-order valence-corrected chi connectivity index (χ2v) is 9.40. The first kappa shape index (κ1) is 18.6. The van der Waals surface area contributed by atoms with Crippen molar-refractivity contribution in [3.63, 3.8) is 0 Å². The summed E-state index contributed by atoms with van der Waals surface area (Å²) in [5.74, 6) is 1.96. The Morgan fingerprint density at radius 2 is 1.76 bits per heavy atom. The lowest BCUT2D eigenvalue weighted by Gasteiger charge is -2.24. The van der Waals surface area contributed by atoms with Crippen molar-refractivity contribution >= 4 is 37.7 Å². The maximum absolute atomic E-state index is 13.0. The number of sulfonamides is 1. The van der Waals surface area contributed by atoms with Gasteiger partial charge in [0, 0.05) is 16.8 Å². The molecule has 1 heterocycles. The van der Waals surface area contributed by atoms with Gasteiger partial charge in [0.15, 0.2) is 11.5 Å². The van der Waals surface area contributed by atoms with Gasteiger partial charge in [-0.2, -0.15) is 4.31 Å². The summed E-state index contributed by atoms with van der Waals surface area (Å²) in [5.41, 5.74) is 0.876. The summed E-state index contributed by atoms with van der Waals surface area (Å²) >= 11 is 4.94. The molecular weight excluding hydrogens is 426 g/mol. The second kappa shape index (κ2) is 7.57. The highest BCUT2D eigenvalue weighted by Crippen LogP contribution is 2.43. The van der Waals surface area contributed by atoms with Crippen LogP contribution < -0.4 is 9.47 Å². The van der Waals surface area contributed by atoms with Crippen LogP contribution in [0.25, 0.3) is 0 Å². The van der Waals surface area contributed by atoms with Gasteiger partial charge in [-0.25, -0.2) is 8.42 Å². The molecule has 5 nitrogen and oxygen atoms in total. The first-order valence-electron chi connectivity index (χ1n) is 7.58. The maximum Gasteiger partial charge on any atom is 0.244 e. The Morgan fingerprint density at radius 3 is 2.40 bits per heavy atom. The monoisotopic (exact) mass is 443 g/mol. The Bertz CT molecular complexity index is 855. The van der Waals surface area contributed by atoms with Gasteiger partial charge in [-0.1, -0.05) is 22.0 Å². The molecule has 0 unspecified atom stereocenters. The van der Waals surface area contributed by atoms with Gasteiger partial charge in [0.05, 0.1) is 24.5 Å². The molecule has 0 radical (unpaired) electrons. The predicted octanol–water partition coefficient (Wildman–Crippen LogP) is 3.90. The fourth-order valence-corrected chi connectivity index (χ4v) is 6.21. The lowest BCUT2D eigenvalue weighted by Crippen LogP contribution is -2.30. The van der Waals surface area contributed by atoms with Gasteiger partial charge in [-0.3, -0.25) is 0 Å². The minimum Gasteiger partial charge on any atom is -0.493 e. The van der Waals surface area contributed by atoms with Crippen molar-refractivity contribution in [3.05, 3.63) is 52.5 Å². The molecule has 8 heteroatoms. The molecule has 2 aromatic rings. The molecule has 0 bridgehead atoms. The van der Waals surface area contributed by atoms with Gasteiger partial charge < -0.3 is 9.47 Å². The van der Waals surface area contributed by atoms with E-state index >= 15 is 0 Å². The van der Waals surface area contributed by atoms with Crippen LogP contribution in [-0.4, -0.2) is 39.2 Å². The predicted molar refractivity (Wildman–Crippen MR) is 103 cm³/mol. The molecule has 1 aliphatic heterocycles. The van der Waals surface area contributed by atoms with Crippen LogP contribution in [0.15, 0.2) is 51.8 Å². The van der Waals surface area contributed by atoms with E-state index in [1.54, 1.807) is 60.6 Å². The van der Waals surface area contributed by atoms with Crippen molar-refractivity contribution in [2.45, 2.75) is 10.3 Å². The summed E-state index contributed by atoms with van der Waals surface area (Å²) in [5, 5.41) is -0.284. The van der Waals surface area contributed by atoms with Crippen molar-refractivity contribution in [1.82, 2.24) is 4.31 Å². The number of thioether (sulfide) groups is 1. The molecule has 0 N–H and O–H groups in total. The van der Waals surface area contributed by atoms with Gasteiger partial charge in [-0.15, -0.1) is 11.8 Å². The number of hydrogen-bond donors (Lipinski definition) is 0. The van der Waals surface area contributed by atoms with E-state index in [1.807, 2.05) is 12.1 Å². The summed E-state index contributed by atoms with van der Waals surface area (Å²) in [6, 6.07) is 12.2. The zero-order chi connectivity index (χ0) is 18.0. The summed E-state index contributed by atoms with van der Waals surface area (Å²) in [7, 11) is -0.424. The summed E-state index contributed by atoms with van der Waals surface area (Å²) < 4.78 is 39.1. The standard InChI is InChI=1S/C17H18BrNO4S2/c1-22-15-8-3-12(11-16(15)23-2)17-19(9-10-24-17)25(20,21)14-6-4-13(18)5-7-14/h3-8,11,17H,9-10H2,1-2H3/t17-/m0/s1. The molecule has 0 spiro atoms. The first-order valence-corrected chi connectivity index (χ1v) is 10.9. The Morgan fingerprint density at radius 1 is 1.08 bits per heavy atom. The van der Waals surface area contributed by atoms with Crippen LogP contribution in [-0.2, 0) is 10.0 Å². The molecule has 0 aliphatic carbocycles. The van der Waals surface area contributed by atoms with Crippen LogP contribution in [0.4, 0.5) is 0 Å². The normalized spacial score (nSPS) is 18.3. The Balaban J connectivity index is 1.96. The number of hydrogen-bond acceptors (Lipinski definition) is 5. The molecule has 1 saturated heterocycles. The van der Waals surface area contributed by atoms with Crippen LogP contribution in [0.2, 0.25) is 0 Å². The van der Waals surface area contributed by atoms with Gasteiger partial charge >= 0.3 is 0 Å². The third-order valence-electron chi connectivity index (χ3n) is 3.96. The molecule has 2 aromatic carbocycles. The van der Waals surface area contributed by atoms with E-state index in [4.69, 9.17) is 9.47 Å². The third kappa shape index (κ3) is 3.67. The highest BCUT2D eigenvalue weighted by atomic mass is 79.9. The Kier molecular flexibility index (Phi) is 5.62. The Labute approximate surface area is 160 Å². The first-order chi connectivity index (χ1) is 12.0. The van der Waals surface area contributed by atoms with Crippen molar-refractivity contribution in [2.75, 3.05) is 26.5 Å². The molecule has 1 atom stereocenters. The van der Waals surface area contributed by atoms with Gasteiger partial charge in [0.2, 0.25) is 10.0 Å². The smallest absolute Gasteiger partial charge is 0.244 e. The SMILES string of the molecule is COc1ccc([C@@H]2SCCN2S(=O)(=O)c2ccc(Br)cc2)cc1OC. The zero-order valence-corrected chi connectivity index (χ0v) is 17.0. The summed E-state index contributed by atoms with van der Waals surface area (Å²) in [4.78, 5) is 0.295. The quantitative estimate of drug-likeness (QED) is 0.700. The van der Waals surface area contributed by atoms with E-state index in [0.29, 0.717) is 22.9 Å². The highest BCUT2D eigenvalue weighted by Gasteiger charge is 2.37. The average Bonchev–Trinajstić information content (AvgIpc) is 3.12. The molecule has 3 rings (SSSR count). The molecule has 0 amide bonds. The minimum atomic E-state index is -3.57. The number of nitrogens with zero attached hydrogens (tertiary/aromatic N) is 1. The lowest BCUT2D eigenvalue weighted by atomic mass is 10.2. The zero-order valence-electron chi connectivity index (χ0n) is 13.8. The molecular formula is C17H18BrNO4S2. The minimum absolute atomic E-state index is 0.284. The lowest BCUT2D eigenvalue weighted by molar-refractivity contribution is 0.353. The second-order valence-electron chi connectivity index (χ2n) is 5.41. The number of halogens is 1. The summed E-state index contributed by atoms with van der Waals surface area (Å²) in [6.45, 7) is 0.474. The van der Waals surface area contributed by atoms with Crippen LogP contribution in [0.1, 0.15) is 10.9 Å². The van der Waals surface area contributed by atoms with Crippen molar-refractivity contribution in [2.24, 2.45) is 0 Å². The van der Waals surface area contributed by atoms with Crippen LogP contribution in [0.3, 0.4) is 0 Å².